The van der Waals surface area contributed by atoms with Crippen molar-refractivity contribution in [3.63, 3.8) is 0 Å². The molecule has 8 heteroatoms. The lowest BCUT2D eigenvalue weighted by molar-refractivity contribution is -0.124. The van der Waals surface area contributed by atoms with E-state index in [1.807, 2.05) is 30.3 Å². The van der Waals surface area contributed by atoms with Crippen molar-refractivity contribution in [1.29, 1.82) is 0 Å². The summed E-state index contributed by atoms with van der Waals surface area (Å²) in [4.78, 5) is 29.6. The molecule has 168 valence electrons. The van der Waals surface area contributed by atoms with Crippen LogP contribution in [-0.4, -0.2) is 35.0 Å². The number of methoxy groups -OCH3 is 1. The first-order valence-electron chi connectivity index (χ1n) is 10.3. The van der Waals surface area contributed by atoms with E-state index in [-0.39, 0.29) is 18.2 Å². The van der Waals surface area contributed by atoms with E-state index in [0.29, 0.717) is 33.8 Å². The third-order valence-electron chi connectivity index (χ3n) is 5.35. The van der Waals surface area contributed by atoms with E-state index in [0.717, 1.165) is 5.56 Å². The number of nitrogens with one attached hydrogen (secondary N) is 1. The number of anilines is 2. The van der Waals surface area contributed by atoms with Crippen LogP contribution in [0.1, 0.15) is 12.0 Å². The molecule has 6 nitrogen and oxygen atoms in total. The van der Waals surface area contributed by atoms with Crippen molar-refractivity contribution in [2.75, 3.05) is 17.3 Å². The first kappa shape index (κ1) is 22.8. The molecular weight excluding hydrogens is 458 g/mol. The zero-order valence-electron chi connectivity index (χ0n) is 17.9. The number of ether oxygens (including phenoxy) is 1. The number of carbonyl (C=O) groups excluding carboxylic acids is 2. The van der Waals surface area contributed by atoms with E-state index in [4.69, 9.17) is 28.6 Å². The maximum absolute atomic E-state index is 13.4. The molecule has 0 aromatic heterocycles. The lowest BCUT2D eigenvalue weighted by Crippen LogP contribution is -2.37. The smallest absolute Gasteiger partial charge is 0.256 e. The van der Waals surface area contributed by atoms with Crippen LogP contribution in [0.3, 0.4) is 0 Å². The van der Waals surface area contributed by atoms with Gasteiger partial charge in [-0.3, -0.25) is 14.5 Å². The van der Waals surface area contributed by atoms with Gasteiger partial charge in [-0.2, -0.15) is 0 Å². The summed E-state index contributed by atoms with van der Waals surface area (Å²) in [5.41, 5.74) is 2.23. The Labute approximate surface area is 202 Å². The van der Waals surface area contributed by atoms with Crippen LogP contribution in [0.2, 0.25) is 5.02 Å². The van der Waals surface area contributed by atoms with Gasteiger partial charge >= 0.3 is 0 Å². The first-order chi connectivity index (χ1) is 16.0. The number of halogens is 1. The lowest BCUT2D eigenvalue weighted by Gasteiger charge is -2.24. The standard InChI is InChI=1S/C25H22ClN3O3S/c1-32-21-13-9-19(10-14-21)27-23(30)15-22-24(31)29(20-11-7-18(26)8-12-20)25(33)28(22)16-17-5-3-2-4-6-17/h2-14,22H,15-16H2,1H3,(H,27,30). The predicted molar refractivity (Wildman–Crippen MR) is 134 cm³/mol. The van der Waals surface area contributed by atoms with Crippen LogP contribution in [0.15, 0.2) is 78.9 Å². The lowest BCUT2D eigenvalue weighted by atomic mass is 10.1. The van der Waals surface area contributed by atoms with Crippen molar-refractivity contribution in [3.8, 4) is 5.75 Å². The molecule has 4 rings (SSSR count). The fraction of sp³-hybridized carbons (Fsp3) is 0.160. The summed E-state index contributed by atoms with van der Waals surface area (Å²) >= 11 is 11.7. The molecule has 3 aromatic rings. The summed E-state index contributed by atoms with van der Waals surface area (Å²) in [6.07, 6.45) is -0.0398. The molecule has 1 atom stereocenters. The molecule has 0 bridgehead atoms. The van der Waals surface area contributed by atoms with Gasteiger partial charge < -0.3 is 15.0 Å². The van der Waals surface area contributed by atoms with Gasteiger partial charge in [0.15, 0.2) is 5.11 Å². The molecule has 1 aliphatic rings. The van der Waals surface area contributed by atoms with Crippen molar-refractivity contribution in [2.24, 2.45) is 0 Å². The Bertz CT molecular complexity index is 1150. The maximum Gasteiger partial charge on any atom is 0.256 e. The highest BCUT2D eigenvalue weighted by molar-refractivity contribution is 7.80. The van der Waals surface area contributed by atoms with Gasteiger partial charge in [0.2, 0.25) is 5.91 Å². The summed E-state index contributed by atoms with van der Waals surface area (Å²) in [5, 5.41) is 3.77. The normalized spacial score (nSPS) is 15.6. The highest BCUT2D eigenvalue weighted by atomic mass is 35.5. The van der Waals surface area contributed by atoms with Gasteiger partial charge in [0.1, 0.15) is 11.8 Å². The first-order valence-corrected chi connectivity index (χ1v) is 11.1. The van der Waals surface area contributed by atoms with Crippen molar-refractivity contribution < 1.29 is 14.3 Å². The molecule has 0 saturated carbocycles. The molecular formula is C25H22ClN3O3S. The van der Waals surface area contributed by atoms with Crippen LogP contribution in [0.4, 0.5) is 11.4 Å². The second kappa shape index (κ2) is 10.0. The van der Waals surface area contributed by atoms with Crippen LogP contribution in [-0.2, 0) is 16.1 Å². The fourth-order valence-electron chi connectivity index (χ4n) is 3.68. The van der Waals surface area contributed by atoms with E-state index in [2.05, 4.69) is 5.32 Å². The Kier molecular flexibility index (Phi) is 6.91. The summed E-state index contributed by atoms with van der Waals surface area (Å²) in [7, 11) is 1.58. The van der Waals surface area contributed by atoms with Crippen molar-refractivity contribution in [2.45, 2.75) is 19.0 Å². The highest BCUT2D eigenvalue weighted by Gasteiger charge is 2.44. The Balaban J connectivity index is 1.57. The van der Waals surface area contributed by atoms with Gasteiger partial charge in [-0.1, -0.05) is 41.9 Å². The van der Waals surface area contributed by atoms with Crippen LogP contribution >= 0.6 is 23.8 Å². The molecule has 0 radical (unpaired) electrons. The van der Waals surface area contributed by atoms with Gasteiger partial charge in [-0.25, -0.2) is 0 Å². The molecule has 3 aromatic carbocycles. The van der Waals surface area contributed by atoms with Crippen molar-refractivity contribution >= 4 is 52.1 Å². The number of hydrogen-bond donors (Lipinski definition) is 1. The largest absolute Gasteiger partial charge is 0.497 e. The third-order valence-corrected chi connectivity index (χ3v) is 6.02. The minimum absolute atomic E-state index is 0.0398. The monoisotopic (exact) mass is 479 g/mol. The predicted octanol–water partition coefficient (Wildman–Crippen LogP) is 4.88. The molecule has 0 spiro atoms. The minimum atomic E-state index is -0.730. The van der Waals surface area contributed by atoms with E-state index >= 15 is 0 Å². The Hall–Kier alpha value is -3.42. The Morgan fingerprint density at radius 1 is 1.03 bits per heavy atom. The molecule has 1 aliphatic heterocycles. The topological polar surface area (TPSA) is 61.9 Å². The molecule has 1 saturated heterocycles. The molecule has 2 amide bonds. The number of nitrogens with zero attached hydrogens (tertiary/aromatic N) is 2. The average molecular weight is 480 g/mol. The summed E-state index contributed by atoms with van der Waals surface area (Å²) < 4.78 is 5.15. The second-order valence-electron chi connectivity index (χ2n) is 7.54. The Morgan fingerprint density at radius 3 is 2.33 bits per heavy atom. The number of amides is 2. The molecule has 1 unspecified atom stereocenters. The van der Waals surface area contributed by atoms with E-state index in [1.54, 1.807) is 60.5 Å². The zero-order valence-corrected chi connectivity index (χ0v) is 19.5. The van der Waals surface area contributed by atoms with Crippen molar-refractivity contribution in [3.05, 3.63) is 89.4 Å². The van der Waals surface area contributed by atoms with Gasteiger partial charge in [0.25, 0.3) is 5.91 Å². The Morgan fingerprint density at radius 2 is 1.70 bits per heavy atom. The summed E-state index contributed by atoms with van der Waals surface area (Å²) in [5.74, 6) is 0.164. The van der Waals surface area contributed by atoms with Gasteiger partial charge in [-0.15, -0.1) is 0 Å². The maximum atomic E-state index is 13.4. The van der Waals surface area contributed by atoms with Crippen LogP contribution in [0, 0.1) is 0 Å². The number of rotatable bonds is 7. The van der Waals surface area contributed by atoms with E-state index in [1.165, 1.54) is 4.90 Å². The summed E-state index contributed by atoms with van der Waals surface area (Å²) in [6, 6.07) is 22.9. The van der Waals surface area contributed by atoms with Gasteiger partial charge in [-0.05, 0) is 66.3 Å². The van der Waals surface area contributed by atoms with E-state index in [9.17, 15) is 9.59 Å². The SMILES string of the molecule is COc1ccc(NC(=O)CC2C(=O)N(c3ccc(Cl)cc3)C(=S)N2Cc2ccccc2)cc1. The third kappa shape index (κ3) is 5.16. The van der Waals surface area contributed by atoms with Crippen LogP contribution < -0.4 is 15.0 Å². The number of thiocarbonyl (C=S) groups is 1. The quantitative estimate of drug-likeness (QED) is 0.489. The minimum Gasteiger partial charge on any atom is -0.497 e. The zero-order chi connectivity index (χ0) is 23.4. The molecule has 1 fully saturated rings. The average Bonchev–Trinajstić information content (AvgIpc) is 3.05. The molecule has 0 aliphatic carbocycles. The summed E-state index contributed by atoms with van der Waals surface area (Å²) in [6.45, 7) is 0.413. The van der Waals surface area contributed by atoms with Gasteiger partial charge in [0.05, 0.1) is 19.2 Å². The number of hydrogen-bond acceptors (Lipinski definition) is 4. The molecule has 33 heavy (non-hydrogen) atoms. The van der Waals surface area contributed by atoms with Crippen molar-refractivity contribution in [1.82, 2.24) is 4.90 Å². The number of carbonyl (C=O) groups is 2. The number of benzene rings is 3. The molecule has 1 N–H and O–H groups in total. The fourth-order valence-corrected chi connectivity index (χ4v) is 4.20. The van der Waals surface area contributed by atoms with E-state index < -0.39 is 6.04 Å². The van der Waals surface area contributed by atoms with Crippen LogP contribution in [0.25, 0.3) is 0 Å². The highest BCUT2D eigenvalue weighted by Crippen LogP contribution is 2.30. The second-order valence-corrected chi connectivity index (χ2v) is 8.34. The van der Waals surface area contributed by atoms with Crippen LogP contribution in [0.5, 0.6) is 5.75 Å². The molecule has 1 heterocycles. The van der Waals surface area contributed by atoms with Gasteiger partial charge in [0, 0.05) is 17.3 Å².